The fraction of sp³-hybridized carbons (Fsp3) is 0.0476. The van der Waals surface area contributed by atoms with Crippen LogP contribution < -0.4 is 4.74 Å². The molecule has 26 heavy (non-hydrogen) atoms. The van der Waals surface area contributed by atoms with Crippen LogP contribution >= 0.6 is 0 Å². The fourth-order valence-electron chi connectivity index (χ4n) is 2.39. The van der Waals surface area contributed by atoms with E-state index >= 15 is 0 Å². The first kappa shape index (κ1) is 18.1. The third-order valence-corrected chi connectivity index (χ3v) is 5.82. The first-order valence-electron chi connectivity index (χ1n) is 7.92. The largest absolute Gasteiger partial charge is 0.486 e. The maximum absolute atomic E-state index is 12.9. The quantitative estimate of drug-likeness (QED) is 0.465. The van der Waals surface area contributed by atoms with E-state index in [2.05, 4.69) is 24.3 Å². The summed E-state index contributed by atoms with van der Waals surface area (Å²) in [4.78, 5) is 3.39. The molecule has 0 fully saturated rings. The molecule has 0 aliphatic heterocycles. The predicted molar refractivity (Wildman–Crippen MR) is 97.3 cm³/mol. The summed E-state index contributed by atoms with van der Waals surface area (Å²) in [5.74, 6) is -1.21. The molecular weight excluding hydrogens is 357 g/mol. The highest BCUT2D eigenvalue weighted by molar-refractivity contribution is 7.97. The third kappa shape index (κ3) is 4.49. The maximum atomic E-state index is 12.9. The molecule has 0 saturated carbocycles. The SMILES string of the molecule is FC(F)=C(F)COc1ccc([S+](c2ccccc2)c2ccccc2)cc1. The Kier molecular flexibility index (Phi) is 6.02. The van der Waals surface area contributed by atoms with Gasteiger partial charge in [0, 0.05) is 0 Å². The maximum Gasteiger partial charge on any atom is 0.305 e. The van der Waals surface area contributed by atoms with Crippen LogP contribution in [0.2, 0.25) is 0 Å². The molecule has 0 saturated heterocycles. The van der Waals surface area contributed by atoms with Crippen LogP contribution in [0.15, 0.2) is 112 Å². The van der Waals surface area contributed by atoms with E-state index in [0.29, 0.717) is 5.75 Å². The zero-order valence-electron chi connectivity index (χ0n) is 13.7. The number of ether oxygens (including phenoxy) is 1. The van der Waals surface area contributed by atoms with Gasteiger partial charge in [-0.15, -0.1) is 0 Å². The van der Waals surface area contributed by atoms with Gasteiger partial charge in [0.05, 0.1) is 10.9 Å². The lowest BCUT2D eigenvalue weighted by atomic mass is 10.3. The zero-order chi connectivity index (χ0) is 18.4. The molecule has 0 aromatic heterocycles. The Hall–Kier alpha value is -2.66. The van der Waals surface area contributed by atoms with E-state index in [1.165, 1.54) is 9.79 Å². The molecule has 3 rings (SSSR count). The Morgan fingerprint density at radius 3 is 1.58 bits per heavy atom. The van der Waals surface area contributed by atoms with Gasteiger partial charge in [0.25, 0.3) is 0 Å². The van der Waals surface area contributed by atoms with Gasteiger partial charge in [-0.3, -0.25) is 0 Å². The van der Waals surface area contributed by atoms with Crippen LogP contribution in [-0.2, 0) is 10.9 Å². The van der Waals surface area contributed by atoms with Gasteiger partial charge in [-0.1, -0.05) is 36.4 Å². The fourth-order valence-corrected chi connectivity index (χ4v) is 4.48. The number of rotatable bonds is 6. The lowest BCUT2D eigenvalue weighted by molar-refractivity contribution is 0.286. The minimum atomic E-state index is -2.35. The van der Waals surface area contributed by atoms with Crippen molar-refractivity contribution in [1.82, 2.24) is 0 Å². The van der Waals surface area contributed by atoms with E-state index in [1.54, 1.807) is 12.1 Å². The van der Waals surface area contributed by atoms with Crippen molar-refractivity contribution in [2.75, 3.05) is 6.61 Å². The summed E-state index contributed by atoms with van der Waals surface area (Å²) in [6, 6.07) is 27.3. The zero-order valence-corrected chi connectivity index (χ0v) is 14.6. The van der Waals surface area contributed by atoms with Gasteiger partial charge < -0.3 is 4.74 Å². The molecule has 0 atom stereocenters. The minimum absolute atomic E-state index is 0.302. The van der Waals surface area contributed by atoms with Crippen LogP contribution in [0.5, 0.6) is 5.75 Å². The molecule has 1 nitrogen and oxygen atoms in total. The van der Waals surface area contributed by atoms with E-state index in [0.717, 1.165) is 4.90 Å². The van der Waals surface area contributed by atoms with Gasteiger partial charge in [-0.05, 0) is 48.5 Å². The molecular formula is C21H16F3OS+. The molecule has 0 N–H and O–H groups in total. The average Bonchev–Trinajstić information content (AvgIpc) is 2.69. The van der Waals surface area contributed by atoms with Crippen molar-refractivity contribution in [1.29, 1.82) is 0 Å². The summed E-state index contributed by atoms with van der Waals surface area (Å²) in [7, 11) is -0.302. The van der Waals surface area contributed by atoms with Gasteiger partial charge >= 0.3 is 6.08 Å². The van der Waals surface area contributed by atoms with Crippen LogP contribution in [0.1, 0.15) is 0 Å². The van der Waals surface area contributed by atoms with Crippen LogP contribution in [0, 0.1) is 0 Å². The summed E-state index contributed by atoms with van der Waals surface area (Å²) < 4.78 is 42.1. The van der Waals surface area contributed by atoms with Crippen molar-refractivity contribution in [2.45, 2.75) is 14.7 Å². The molecule has 3 aromatic carbocycles. The molecule has 3 aromatic rings. The second-order valence-electron chi connectivity index (χ2n) is 5.36. The Morgan fingerprint density at radius 1 is 0.654 bits per heavy atom. The normalized spacial score (nSPS) is 10.6. The summed E-state index contributed by atoms with van der Waals surface area (Å²) in [6.07, 6.45) is -2.35. The van der Waals surface area contributed by atoms with Crippen molar-refractivity contribution >= 4 is 10.9 Å². The number of hydrogen-bond donors (Lipinski definition) is 0. The van der Waals surface area contributed by atoms with Crippen LogP contribution in [0.4, 0.5) is 13.2 Å². The summed E-state index contributed by atoms with van der Waals surface area (Å²) in [6.45, 7) is -0.773. The Labute approximate surface area is 153 Å². The standard InChI is InChI=1S/C21H16F3OS/c22-20(21(23)24)15-25-16-11-13-19(14-12-16)26(17-7-3-1-4-8-17)18-9-5-2-6-10-18/h1-14H,15H2/q+1. The van der Waals surface area contributed by atoms with Crippen molar-refractivity contribution in [2.24, 2.45) is 0 Å². The lowest BCUT2D eigenvalue weighted by Crippen LogP contribution is -2.05. The molecule has 0 heterocycles. The van der Waals surface area contributed by atoms with Crippen LogP contribution in [0.3, 0.4) is 0 Å². The molecule has 0 unspecified atom stereocenters. The first-order chi connectivity index (χ1) is 12.6. The molecule has 0 aliphatic carbocycles. The highest BCUT2D eigenvalue weighted by Gasteiger charge is 2.28. The third-order valence-electron chi connectivity index (χ3n) is 3.59. The van der Waals surface area contributed by atoms with Gasteiger partial charge in [0.2, 0.25) is 5.83 Å². The van der Waals surface area contributed by atoms with E-state index in [-0.39, 0.29) is 10.9 Å². The second-order valence-corrected chi connectivity index (χ2v) is 7.38. The summed E-state index contributed by atoms with van der Waals surface area (Å²) >= 11 is 0. The van der Waals surface area contributed by atoms with Crippen LogP contribution in [-0.4, -0.2) is 6.61 Å². The summed E-state index contributed by atoms with van der Waals surface area (Å²) in [5, 5.41) is 0. The van der Waals surface area contributed by atoms with Crippen molar-refractivity contribution < 1.29 is 17.9 Å². The van der Waals surface area contributed by atoms with Crippen LogP contribution in [0.25, 0.3) is 0 Å². The predicted octanol–water partition coefficient (Wildman–Crippen LogP) is 6.24. The second kappa shape index (κ2) is 8.63. The van der Waals surface area contributed by atoms with E-state index < -0.39 is 18.5 Å². The Bertz CT molecular complexity index is 821. The van der Waals surface area contributed by atoms with Gasteiger partial charge in [0.15, 0.2) is 14.7 Å². The lowest BCUT2D eigenvalue weighted by Gasteiger charge is -2.09. The topological polar surface area (TPSA) is 9.23 Å². The average molecular weight is 373 g/mol. The molecule has 132 valence electrons. The van der Waals surface area contributed by atoms with Gasteiger partial charge in [0.1, 0.15) is 12.4 Å². The molecule has 5 heteroatoms. The van der Waals surface area contributed by atoms with E-state index in [1.807, 2.05) is 48.5 Å². The van der Waals surface area contributed by atoms with Gasteiger partial charge in [-0.2, -0.15) is 8.78 Å². The number of benzene rings is 3. The van der Waals surface area contributed by atoms with E-state index in [9.17, 15) is 13.2 Å². The molecule has 0 radical (unpaired) electrons. The monoisotopic (exact) mass is 373 g/mol. The Morgan fingerprint density at radius 2 is 1.12 bits per heavy atom. The van der Waals surface area contributed by atoms with Crippen molar-refractivity contribution in [3.63, 3.8) is 0 Å². The van der Waals surface area contributed by atoms with Crippen molar-refractivity contribution in [3.8, 4) is 5.75 Å². The number of hydrogen-bond acceptors (Lipinski definition) is 1. The number of halogens is 3. The first-order valence-corrected chi connectivity index (χ1v) is 9.14. The van der Waals surface area contributed by atoms with Crippen molar-refractivity contribution in [3.05, 3.63) is 96.8 Å². The molecule has 0 spiro atoms. The summed E-state index contributed by atoms with van der Waals surface area (Å²) in [5.41, 5.74) is 0. The highest BCUT2D eigenvalue weighted by Crippen LogP contribution is 2.32. The van der Waals surface area contributed by atoms with E-state index in [4.69, 9.17) is 4.74 Å². The smallest absolute Gasteiger partial charge is 0.305 e. The molecule has 0 bridgehead atoms. The minimum Gasteiger partial charge on any atom is -0.486 e. The molecule has 0 amide bonds. The Balaban J connectivity index is 1.87. The van der Waals surface area contributed by atoms with Gasteiger partial charge in [-0.25, -0.2) is 4.39 Å². The highest BCUT2D eigenvalue weighted by atomic mass is 32.2. The molecule has 0 aliphatic rings.